The zero-order valence-electron chi connectivity index (χ0n) is 17.3. The topological polar surface area (TPSA) is 76.9 Å². The standard InChI is InChI=1S/C23H24N4O2S/c1-16-6-4-7-19(12-16)15-27-22(26-21-8-5-11-24-23(21)27)14-25-30(28,29)20-10-9-17(2)18(3)13-20/h4-13,25H,14-15H2,1-3H3. The monoisotopic (exact) mass is 420 g/mol. The molecule has 7 heteroatoms. The first-order valence-electron chi connectivity index (χ1n) is 9.76. The van der Waals surface area contributed by atoms with E-state index in [1.807, 2.05) is 61.7 Å². The average Bonchev–Trinajstić information content (AvgIpc) is 3.06. The van der Waals surface area contributed by atoms with E-state index in [2.05, 4.69) is 20.8 Å². The molecule has 2 aromatic carbocycles. The second-order valence-electron chi connectivity index (χ2n) is 7.52. The third-order valence-corrected chi connectivity index (χ3v) is 6.61. The lowest BCUT2D eigenvalue weighted by atomic mass is 10.1. The minimum Gasteiger partial charge on any atom is -0.307 e. The van der Waals surface area contributed by atoms with Gasteiger partial charge in [-0.15, -0.1) is 0 Å². The maximum Gasteiger partial charge on any atom is 0.240 e. The Balaban J connectivity index is 1.66. The van der Waals surface area contributed by atoms with Crippen molar-refractivity contribution >= 4 is 21.2 Å². The number of aromatic nitrogens is 3. The van der Waals surface area contributed by atoms with Crippen LogP contribution in [0.15, 0.2) is 65.7 Å². The zero-order valence-corrected chi connectivity index (χ0v) is 18.1. The molecule has 0 aliphatic carbocycles. The Labute approximate surface area is 176 Å². The minimum absolute atomic E-state index is 0.0808. The summed E-state index contributed by atoms with van der Waals surface area (Å²) in [6, 6.07) is 17.1. The highest BCUT2D eigenvalue weighted by atomic mass is 32.2. The summed E-state index contributed by atoms with van der Waals surface area (Å²) in [5.74, 6) is 0.623. The molecule has 0 spiro atoms. The number of nitrogens with zero attached hydrogens (tertiary/aromatic N) is 3. The lowest BCUT2D eigenvalue weighted by Crippen LogP contribution is -2.25. The average molecular weight is 421 g/mol. The van der Waals surface area contributed by atoms with Crippen LogP contribution in [0, 0.1) is 20.8 Å². The number of sulfonamides is 1. The Morgan fingerprint density at radius 3 is 2.57 bits per heavy atom. The van der Waals surface area contributed by atoms with Crippen LogP contribution in [0.5, 0.6) is 0 Å². The number of benzene rings is 2. The van der Waals surface area contributed by atoms with Gasteiger partial charge in [-0.25, -0.2) is 23.1 Å². The highest BCUT2D eigenvalue weighted by Crippen LogP contribution is 2.18. The highest BCUT2D eigenvalue weighted by Gasteiger charge is 2.18. The van der Waals surface area contributed by atoms with E-state index in [1.54, 1.807) is 18.3 Å². The van der Waals surface area contributed by atoms with Crippen LogP contribution in [0.2, 0.25) is 0 Å². The maximum atomic E-state index is 12.8. The summed E-state index contributed by atoms with van der Waals surface area (Å²) >= 11 is 0. The molecule has 0 fully saturated rings. The number of hydrogen-bond donors (Lipinski definition) is 1. The first-order valence-corrected chi connectivity index (χ1v) is 11.2. The largest absolute Gasteiger partial charge is 0.307 e. The second kappa shape index (κ2) is 8.01. The predicted molar refractivity (Wildman–Crippen MR) is 118 cm³/mol. The molecule has 0 amide bonds. The van der Waals surface area contributed by atoms with Crippen molar-refractivity contribution in [1.29, 1.82) is 0 Å². The normalized spacial score (nSPS) is 11.8. The van der Waals surface area contributed by atoms with Gasteiger partial charge in [0.1, 0.15) is 11.3 Å². The molecule has 0 aliphatic rings. The summed E-state index contributed by atoms with van der Waals surface area (Å²) < 4.78 is 30.3. The lowest BCUT2D eigenvalue weighted by molar-refractivity contribution is 0.576. The van der Waals surface area contributed by atoms with Gasteiger partial charge in [0.15, 0.2) is 5.65 Å². The first kappa shape index (κ1) is 20.3. The molecule has 4 rings (SSSR count). The van der Waals surface area contributed by atoms with Crippen LogP contribution in [0.1, 0.15) is 28.1 Å². The molecule has 154 valence electrons. The van der Waals surface area contributed by atoms with Crippen LogP contribution >= 0.6 is 0 Å². The van der Waals surface area contributed by atoms with Crippen LogP contribution in [0.25, 0.3) is 11.2 Å². The van der Waals surface area contributed by atoms with Crippen molar-refractivity contribution in [3.63, 3.8) is 0 Å². The van der Waals surface area contributed by atoms with Gasteiger partial charge >= 0.3 is 0 Å². The highest BCUT2D eigenvalue weighted by molar-refractivity contribution is 7.89. The van der Waals surface area contributed by atoms with E-state index < -0.39 is 10.0 Å². The van der Waals surface area contributed by atoms with Crippen LogP contribution in [-0.2, 0) is 23.1 Å². The molecule has 0 unspecified atom stereocenters. The molecule has 0 aliphatic heterocycles. The number of pyridine rings is 1. The van der Waals surface area contributed by atoms with Gasteiger partial charge in [0.25, 0.3) is 0 Å². The Hall–Kier alpha value is -3.03. The fourth-order valence-electron chi connectivity index (χ4n) is 3.42. The van der Waals surface area contributed by atoms with Gasteiger partial charge in [0.2, 0.25) is 10.0 Å². The molecule has 4 aromatic rings. The SMILES string of the molecule is Cc1cccc(Cn2c(CNS(=O)(=O)c3ccc(C)c(C)c3)nc3cccnc32)c1. The van der Waals surface area contributed by atoms with Gasteiger partial charge in [-0.3, -0.25) is 0 Å². The zero-order chi connectivity index (χ0) is 21.3. The van der Waals surface area contributed by atoms with Crippen LogP contribution in [0.4, 0.5) is 0 Å². The van der Waals surface area contributed by atoms with Crippen molar-refractivity contribution < 1.29 is 8.42 Å². The Bertz CT molecular complexity index is 1330. The fraction of sp³-hybridized carbons (Fsp3) is 0.217. The van der Waals surface area contributed by atoms with E-state index in [-0.39, 0.29) is 11.4 Å². The van der Waals surface area contributed by atoms with E-state index in [0.717, 1.165) is 27.9 Å². The molecule has 2 aromatic heterocycles. The summed E-state index contributed by atoms with van der Waals surface area (Å²) in [4.78, 5) is 9.36. The van der Waals surface area contributed by atoms with Gasteiger partial charge < -0.3 is 4.57 Å². The van der Waals surface area contributed by atoms with E-state index in [4.69, 9.17) is 0 Å². The summed E-state index contributed by atoms with van der Waals surface area (Å²) in [7, 11) is -3.66. The van der Waals surface area contributed by atoms with Crippen molar-refractivity contribution in [2.24, 2.45) is 0 Å². The van der Waals surface area contributed by atoms with Crippen molar-refractivity contribution in [3.05, 3.63) is 88.9 Å². The first-order chi connectivity index (χ1) is 14.3. The lowest BCUT2D eigenvalue weighted by Gasteiger charge is -2.11. The predicted octanol–water partition coefficient (Wildman–Crippen LogP) is 3.88. The van der Waals surface area contributed by atoms with E-state index in [0.29, 0.717) is 12.4 Å². The summed E-state index contributed by atoms with van der Waals surface area (Å²) in [5.41, 5.74) is 5.75. The van der Waals surface area contributed by atoms with Crippen LogP contribution < -0.4 is 4.72 Å². The quantitative estimate of drug-likeness (QED) is 0.513. The number of fused-ring (bicyclic) bond motifs is 1. The molecule has 30 heavy (non-hydrogen) atoms. The van der Waals surface area contributed by atoms with Gasteiger partial charge in [-0.05, 0) is 61.7 Å². The van der Waals surface area contributed by atoms with E-state index in [9.17, 15) is 8.42 Å². The molecular weight excluding hydrogens is 396 g/mol. The molecule has 1 N–H and O–H groups in total. The van der Waals surface area contributed by atoms with Crippen molar-refractivity contribution in [1.82, 2.24) is 19.3 Å². The van der Waals surface area contributed by atoms with Gasteiger partial charge in [-0.1, -0.05) is 35.9 Å². The van der Waals surface area contributed by atoms with E-state index in [1.165, 1.54) is 5.56 Å². The minimum atomic E-state index is -3.66. The Morgan fingerprint density at radius 1 is 0.967 bits per heavy atom. The summed E-state index contributed by atoms with van der Waals surface area (Å²) in [5, 5.41) is 0. The molecule has 0 atom stereocenters. The third-order valence-electron chi connectivity index (χ3n) is 5.21. The maximum absolute atomic E-state index is 12.8. The molecule has 0 saturated heterocycles. The number of rotatable bonds is 6. The van der Waals surface area contributed by atoms with Gasteiger partial charge in [0.05, 0.1) is 18.0 Å². The molecular formula is C23H24N4O2S. The van der Waals surface area contributed by atoms with Crippen molar-refractivity contribution in [3.8, 4) is 0 Å². The van der Waals surface area contributed by atoms with Gasteiger partial charge in [0, 0.05) is 6.20 Å². The second-order valence-corrected chi connectivity index (χ2v) is 9.29. The van der Waals surface area contributed by atoms with Crippen LogP contribution in [0.3, 0.4) is 0 Å². The third kappa shape index (κ3) is 4.13. The number of imidazole rings is 1. The van der Waals surface area contributed by atoms with Crippen LogP contribution in [-0.4, -0.2) is 23.0 Å². The molecule has 0 radical (unpaired) electrons. The Kier molecular flexibility index (Phi) is 5.40. The summed E-state index contributed by atoms with van der Waals surface area (Å²) in [6.07, 6.45) is 1.72. The molecule has 0 saturated carbocycles. The smallest absolute Gasteiger partial charge is 0.240 e. The number of aryl methyl sites for hydroxylation is 3. The molecule has 6 nitrogen and oxygen atoms in total. The van der Waals surface area contributed by atoms with Crippen molar-refractivity contribution in [2.45, 2.75) is 38.8 Å². The number of nitrogens with one attached hydrogen (secondary N) is 1. The van der Waals surface area contributed by atoms with E-state index >= 15 is 0 Å². The van der Waals surface area contributed by atoms with Gasteiger partial charge in [-0.2, -0.15) is 0 Å². The molecule has 2 heterocycles. The number of hydrogen-bond acceptors (Lipinski definition) is 4. The molecule has 0 bridgehead atoms. The fourth-order valence-corrected chi connectivity index (χ4v) is 4.49. The Morgan fingerprint density at radius 2 is 1.80 bits per heavy atom. The van der Waals surface area contributed by atoms with Crippen molar-refractivity contribution in [2.75, 3.05) is 0 Å². The summed E-state index contributed by atoms with van der Waals surface area (Å²) in [6.45, 7) is 6.56.